The number of hydrogen-bond acceptors (Lipinski definition) is 3. The van der Waals surface area contributed by atoms with Crippen molar-refractivity contribution in [2.75, 3.05) is 6.54 Å². The minimum absolute atomic E-state index is 0.00912. The zero-order chi connectivity index (χ0) is 11.6. The van der Waals surface area contributed by atoms with Gasteiger partial charge in [-0.15, -0.1) is 0 Å². The van der Waals surface area contributed by atoms with Gasteiger partial charge in [0.1, 0.15) is 0 Å². The van der Waals surface area contributed by atoms with Crippen molar-refractivity contribution in [1.29, 1.82) is 0 Å². The van der Waals surface area contributed by atoms with Crippen molar-refractivity contribution in [3.8, 4) is 11.5 Å². The molecule has 88 valence electrons. The van der Waals surface area contributed by atoms with Crippen LogP contribution in [0.15, 0.2) is 18.2 Å². The van der Waals surface area contributed by atoms with Crippen LogP contribution in [0.5, 0.6) is 11.5 Å². The van der Waals surface area contributed by atoms with E-state index in [1.807, 2.05) is 6.07 Å². The molecule has 1 aromatic carbocycles. The van der Waals surface area contributed by atoms with Crippen LogP contribution in [-0.2, 0) is 5.41 Å². The molecule has 0 radical (unpaired) electrons. The van der Waals surface area contributed by atoms with Crippen molar-refractivity contribution in [3.63, 3.8) is 0 Å². The van der Waals surface area contributed by atoms with Gasteiger partial charge in [0, 0.05) is 17.5 Å². The van der Waals surface area contributed by atoms with Crippen LogP contribution in [-0.4, -0.2) is 16.8 Å². The molecular formula is C13H19NO2. The third-order valence-electron chi connectivity index (χ3n) is 3.79. The molecule has 1 aliphatic carbocycles. The van der Waals surface area contributed by atoms with Crippen LogP contribution >= 0.6 is 0 Å². The van der Waals surface area contributed by atoms with Crippen LogP contribution < -0.4 is 5.73 Å². The highest BCUT2D eigenvalue weighted by atomic mass is 16.3. The van der Waals surface area contributed by atoms with E-state index in [9.17, 15) is 10.2 Å². The standard InChI is InChI=1S/C13H19NO2/c14-9-13(7-2-1-3-8-13)10-5-4-6-11(15)12(10)16/h4-6,15-16H,1-3,7-9,14H2. The van der Waals surface area contributed by atoms with Gasteiger partial charge in [0.2, 0.25) is 0 Å². The third kappa shape index (κ3) is 1.76. The first-order valence-corrected chi connectivity index (χ1v) is 5.91. The molecule has 1 saturated carbocycles. The predicted molar refractivity (Wildman–Crippen MR) is 63.6 cm³/mol. The maximum atomic E-state index is 9.94. The summed E-state index contributed by atoms with van der Waals surface area (Å²) in [4.78, 5) is 0. The predicted octanol–water partition coefficient (Wildman–Crippen LogP) is 2.26. The molecule has 0 aliphatic heterocycles. The lowest BCUT2D eigenvalue weighted by Gasteiger charge is -2.37. The van der Waals surface area contributed by atoms with E-state index in [1.54, 1.807) is 6.07 Å². The van der Waals surface area contributed by atoms with Crippen molar-refractivity contribution in [1.82, 2.24) is 0 Å². The van der Waals surface area contributed by atoms with Gasteiger partial charge in [0.15, 0.2) is 11.5 Å². The highest BCUT2D eigenvalue weighted by molar-refractivity contribution is 5.48. The Morgan fingerprint density at radius 1 is 1.12 bits per heavy atom. The van der Waals surface area contributed by atoms with E-state index in [-0.39, 0.29) is 16.9 Å². The molecule has 0 amide bonds. The Morgan fingerprint density at radius 3 is 2.44 bits per heavy atom. The fourth-order valence-corrected chi connectivity index (χ4v) is 2.77. The molecule has 16 heavy (non-hydrogen) atoms. The van der Waals surface area contributed by atoms with Gasteiger partial charge in [-0.1, -0.05) is 31.4 Å². The normalized spacial score (nSPS) is 19.6. The zero-order valence-electron chi connectivity index (χ0n) is 9.45. The van der Waals surface area contributed by atoms with Crippen molar-refractivity contribution in [2.45, 2.75) is 37.5 Å². The molecule has 3 nitrogen and oxygen atoms in total. The number of rotatable bonds is 2. The first-order chi connectivity index (χ1) is 7.69. The Morgan fingerprint density at radius 2 is 1.81 bits per heavy atom. The largest absolute Gasteiger partial charge is 0.504 e. The number of benzene rings is 1. The Balaban J connectivity index is 2.43. The first-order valence-electron chi connectivity index (χ1n) is 5.91. The summed E-state index contributed by atoms with van der Waals surface area (Å²) in [5, 5.41) is 19.5. The minimum Gasteiger partial charge on any atom is -0.504 e. The molecule has 1 fully saturated rings. The summed E-state index contributed by atoms with van der Waals surface area (Å²) < 4.78 is 0. The van der Waals surface area contributed by atoms with Crippen LogP contribution in [0.4, 0.5) is 0 Å². The highest BCUT2D eigenvalue weighted by Gasteiger charge is 2.35. The maximum Gasteiger partial charge on any atom is 0.161 e. The van der Waals surface area contributed by atoms with E-state index < -0.39 is 0 Å². The third-order valence-corrected chi connectivity index (χ3v) is 3.79. The minimum atomic E-state index is -0.138. The van der Waals surface area contributed by atoms with Gasteiger partial charge in [-0.2, -0.15) is 0 Å². The Labute approximate surface area is 95.9 Å². The van der Waals surface area contributed by atoms with Crippen LogP contribution in [0.2, 0.25) is 0 Å². The van der Waals surface area contributed by atoms with E-state index >= 15 is 0 Å². The fourth-order valence-electron chi connectivity index (χ4n) is 2.77. The number of aromatic hydroxyl groups is 2. The molecule has 3 heteroatoms. The SMILES string of the molecule is NCC1(c2cccc(O)c2O)CCCCC1. The number of para-hydroxylation sites is 1. The second kappa shape index (κ2) is 4.34. The molecule has 2 rings (SSSR count). The smallest absolute Gasteiger partial charge is 0.161 e. The molecule has 1 aliphatic rings. The molecule has 0 heterocycles. The van der Waals surface area contributed by atoms with E-state index in [0.717, 1.165) is 31.2 Å². The zero-order valence-corrected chi connectivity index (χ0v) is 9.45. The molecular weight excluding hydrogens is 202 g/mol. The van der Waals surface area contributed by atoms with E-state index in [4.69, 9.17) is 5.73 Å². The first kappa shape index (κ1) is 11.3. The monoisotopic (exact) mass is 221 g/mol. The molecule has 0 saturated heterocycles. The fraction of sp³-hybridized carbons (Fsp3) is 0.538. The number of phenols is 2. The molecule has 0 spiro atoms. The number of nitrogens with two attached hydrogens (primary N) is 1. The van der Waals surface area contributed by atoms with E-state index in [1.165, 1.54) is 12.5 Å². The topological polar surface area (TPSA) is 66.5 Å². The van der Waals surface area contributed by atoms with Crippen LogP contribution in [0.3, 0.4) is 0 Å². The van der Waals surface area contributed by atoms with Gasteiger partial charge in [0.05, 0.1) is 0 Å². The number of hydrogen-bond donors (Lipinski definition) is 3. The molecule has 0 atom stereocenters. The van der Waals surface area contributed by atoms with Gasteiger partial charge in [-0.25, -0.2) is 0 Å². The van der Waals surface area contributed by atoms with Crippen molar-refractivity contribution in [2.24, 2.45) is 5.73 Å². The van der Waals surface area contributed by atoms with Crippen molar-refractivity contribution >= 4 is 0 Å². The van der Waals surface area contributed by atoms with E-state index in [0.29, 0.717) is 6.54 Å². The lowest BCUT2D eigenvalue weighted by atomic mass is 9.69. The number of phenolic OH excluding ortho intramolecular Hbond substituents is 2. The van der Waals surface area contributed by atoms with Gasteiger partial charge >= 0.3 is 0 Å². The van der Waals surface area contributed by atoms with Gasteiger partial charge in [-0.05, 0) is 18.9 Å². The van der Waals surface area contributed by atoms with Gasteiger partial charge < -0.3 is 15.9 Å². The Kier molecular flexibility index (Phi) is 3.06. The average Bonchev–Trinajstić information content (AvgIpc) is 2.33. The lowest BCUT2D eigenvalue weighted by Crippen LogP contribution is -2.37. The Bertz CT molecular complexity index is 370. The van der Waals surface area contributed by atoms with Gasteiger partial charge in [0.25, 0.3) is 0 Å². The molecule has 0 unspecified atom stereocenters. The summed E-state index contributed by atoms with van der Waals surface area (Å²) in [6, 6.07) is 5.16. The molecule has 0 aromatic heterocycles. The summed E-state index contributed by atoms with van der Waals surface area (Å²) in [6.07, 6.45) is 5.53. The highest BCUT2D eigenvalue weighted by Crippen LogP contribution is 2.44. The second-order valence-corrected chi connectivity index (χ2v) is 4.72. The summed E-state index contributed by atoms with van der Waals surface area (Å²) in [5.74, 6) is -0.0363. The van der Waals surface area contributed by atoms with Crippen molar-refractivity contribution < 1.29 is 10.2 Å². The second-order valence-electron chi connectivity index (χ2n) is 4.72. The quantitative estimate of drug-likeness (QED) is 0.671. The summed E-state index contributed by atoms with van der Waals surface area (Å²) in [7, 11) is 0. The van der Waals surface area contributed by atoms with Crippen LogP contribution in [0, 0.1) is 0 Å². The summed E-state index contributed by atoms with van der Waals surface area (Å²) in [6.45, 7) is 0.532. The van der Waals surface area contributed by atoms with Crippen LogP contribution in [0.1, 0.15) is 37.7 Å². The summed E-state index contributed by atoms with van der Waals surface area (Å²) in [5.41, 5.74) is 6.57. The lowest BCUT2D eigenvalue weighted by molar-refractivity contribution is 0.287. The summed E-state index contributed by atoms with van der Waals surface area (Å²) >= 11 is 0. The maximum absolute atomic E-state index is 9.94. The van der Waals surface area contributed by atoms with Gasteiger partial charge in [-0.3, -0.25) is 0 Å². The van der Waals surface area contributed by atoms with E-state index in [2.05, 4.69) is 0 Å². The average molecular weight is 221 g/mol. The molecule has 4 N–H and O–H groups in total. The van der Waals surface area contributed by atoms with Crippen LogP contribution in [0.25, 0.3) is 0 Å². The molecule has 0 bridgehead atoms. The van der Waals surface area contributed by atoms with Crippen molar-refractivity contribution in [3.05, 3.63) is 23.8 Å². The molecule has 1 aromatic rings. The Hall–Kier alpha value is -1.22.